The van der Waals surface area contributed by atoms with Crippen LogP contribution in [-0.2, 0) is 0 Å². The lowest BCUT2D eigenvalue weighted by atomic mass is 9.93. The second kappa shape index (κ2) is 4.75. The summed E-state index contributed by atoms with van der Waals surface area (Å²) in [5, 5.41) is 28.8. The van der Waals surface area contributed by atoms with Crippen LogP contribution in [0.5, 0.6) is 0 Å². The van der Waals surface area contributed by atoms with Gasteiger partial charge in [0.2, 0.25) is 0 Å². The molecule has 19 heavy (non-hydrogen) atoms. The molecule has 0 bridgehead atoms. The topological polar surface area (TPSA) is 71.2 Å². The molecule has 1 atom stereocenters. The average Bonchev–Trinajstić information content (AvgIpc) is 3.08. The lowest BCUT2D eigenvalue weighted by molar-refractivity contribution is -0.0747. The quantitative estimate of drug-likeness (QED) is 0.878. The predicted molar refractivity (Wildman–Crippen MR) is 69.7 cm³/mol. The van der Waals surface area contributed by atoms with E-state index in [0.29, 0.717) is 18.5 Å². The van der Waals surface area contributed by atoms with Crippen LogP contribution in [0.25, 0.3) is 5.69 Å². The molecule has 1 saturated carbocycles. The van der Waals surface area contributed by atoms with Gasteiger partial charge in [0.05, 0.1) is 23.2 Å². The van der Waals surface area contributed by atoms with Crippen molar-refractivity contribution >= 4 is 0 Å². The van der Waals surface area contributed by atoms with Gasteiger partial charge in [0.1, 0.15) is 6.10 Å². The van der Waals surface area contributed by atoms with Crippen LogP contribution in [0.3, 0.4) is 0 Å². The van der Waals surface area contributed by atoms with E-state index in [1.54, 1.807) is 4.68 Å². The van der Waals surface area contributed by atoms with Crippen LogP contribution < -0.4 is 0 Å². The van der Waals surface area contributed by atoms with E-state index in [2.05, 4.69) is 10.3 Å². The number of rotatable bonds is 3. The molecular formula is C14H17N3O2. The van der Waals surface area contributed by atoms with E-state index in [1.807, 2.05) is 30.3 Å². The van der Waals surface area contributed by atoms with Crippen LogP contribution in [0.4, 0.5) is 0 Å². The highest BCUT2D eigenvalue weighted by atomic mass is 16.3. The molecular weight excluding hydrogens is 242 g/mol. The molecule has 1 aliphatic rings. The SMILES string of the molecule is OC(c1cnnn1-c1ccccc1)C1(O)CCCC1. The molecule has 1 heterocycles. The molecule has 1 aromatic heterocycles. The van der Waals surface area contributed by atoms with Gasteiger partial charge in [-0.1, -0.05) is 36.3 Å². The Morgan fingerprint density at radius 3 is 2.53 bits per heavy atom. The number of aromatic nitrogens is 3. The van der Waals surface area contributed by atoms with E-state index in [4.69, 9.17) is 0 Å². The normalized spacial score (nSPS) is 19.5. The number of nitrogens with zero attached hydrogens (tertiary/aromatic N) is 3. The smallest absolute Gasteiger partial charge is 0.126 e. The van der Waals surface area contributed by atoms with Crippen LogP contribution in [0, 0.1) is 0 Å². The zero-order valence-electron chi connectivity index (χ0n) is 10.6. The molecule has 5 heteroatoms. The highest BCUT2D eigenvalue weighted by molar-refractivity contribution is 5.32. The van der Waals surface area contributed by atoms with Crippen molar-refractivity contribution in [2.24, 2.45) is 0 Å². The Kier molecular flexibility index (Phi) is 3.08. The van der Waals surface area contributed by atoms with Crippen molar-refractivity contribution in [2.45, 2.75) is 37.4 Å². The summed E-state index contributed by atoms with van der Waals surface area (Å²) in [5.74, 6) is 0. The molecule has 5 nitrogen and oxygen atoms in total. The summed E-state index contributed by atoms with van der Waals surface area (Å²) in [4.78, 5) is 0. The standard InChI is InChI=1S/C14H17N3O2/c18-13(14(19)8-4-5-9-14)12-10-15-16-17(12)11-6-2-1-3-7-11/h1-3,6-7,10,13,18-19H,4-5,8-9H2. The van der Waals surface area contributed by atoms with Crippen molar-refractivity contribution in [3.63, 3.8) is 0 Å². The maximum atomic E-state index is 10.5. The molecule has 0 saturated heterocycles. The Bertz CT molecular complexity index is 547. The van der Waals surface area contributed by atoms with Crippen LogP contribution in [0.1, 0.15) is 37.5 Å². The zero-order valence-corrected chi connectivity index (χ0v) is 10.6. The second-order valence-corrected chi connectivity index (χ2v) is 5.12. The Morgan fingerprint density at radius 2 is 1.84 bits per heavy atom. The van der Waals surface area contributed by atoms with Crippen molar-refractivity contribution in [3.8, 4) is 5.69 Å². The van der Waals surface area contributed by atoms with Crippen molar-refractivity contribution in [3.05, 3.63) is 42.2 Å². The van der Waals surface area contributed by atoms with Crippen molar-refractivity contribution < 1.29 is 10.2 Å². The van der Waals surface area contributed by atoms with Gasteiger partial charge in [0.15, 0.2) is 0 Å². The molecule has 0 radical (unpaired) electrons. The lowest BCUT2D eigenvalue weighted by Crippen LogP contribution is -2.34. The second-order valence-electron chi connectivity index (χ2n) is 5.12. The number of aliphatic hydroxyl groups excluding tert-OH is 1. The number of aliphatic hydroxyl groups is 2. The molecule has 1 unspecified atom stereocenters. The maximum Gasteiger partial charge on any atom is 0.126 e. The maximum absolute atomic E-state index is 10.5. The molecule has 3 rings (SSSR count). The minimum absolute atomic E-state index is 0.538. The third kappa shape index (κ3) is 2.15. The molecule has 100 valence electrons. The van der Waals surface area contributed by atoms with Crippen LogP contribution >= 0.6 is 0 Å². The van der Waals surface area contributed by atoms with Crippen LogP contribution in [0.15, 0.2) is 36.5 Å². The fraction of sp³-hybridized carbons (Fsp3) is 0.429. The summed E-state index contributed by atoms with van der Waals surface area (Å²) >= 11 is 0. The molecule has 1 aromatic carbocycles. The van der Waals surface area contributed by atoms with E-state index in [0.717, 1.165) is 18.5 Å². The molecule has 0 aliphatic heterocycles. The van der Waals surface area contributed by atoms with Gasteiger partial charge in [-0.3, -0.25) is 0 Å². The average molecular weight is 259 g/mol. The Labute approximate surface area is 111 Å². The van der Waals surface area contributed by atoms with Gasteiger partial charge < -0.3 is 10.2 Å². The number of para-hydroxylation sites is 1. The van der Waals surface area contributed by atoms with E-state index < -0.39 is 11.7 Å². The number of benzene rings is 1. The summed E-state index contributed by atoms with van der Waals surface area (Å²) in [7, 11) is 0. The van der Waals surface area contributed by atoms with Crippen molar-refractivity contribution in [1.29, 1.82) is 0 Å². The van der Waals surface area contributed by atoms with E-state index in [-0.39, 0.29) is 0 Å². The lowest BCUT2D eigenvalue weighted by Gasteiger charge is -2.28. The van der Waals surface area contributed by atoms with Gasteiger partial charge in [0.25, 0.3) is 0 Å². The van der Waals surface area contributed by atoms with Gasteiger partial charge in [0, 0.05) is 0 Å². The zero-order chi connectivity index (χ0) is 13.3. The first-order valence-electron chi connectivity index (χ1n) is 6.57. The molecule has 1 fully saturated rings. The Morgan fingerprint density at radius 1 is 1.16 bits per heavy atom. The van der Waals surface area contributed by atoms with E-state index in [1.165, 1.54) is 6.20 Å². The molecule has 0 spiro atoms. The summed E-state index contributed by atoms with van der Waals surface area (Å²) < 4.78 is 1.58. The first kappa shape index (κ1) is 12.3. The Hall–Kier alpha value is -1.72. The predicted octanol–water partition coefficient (Wildman–Crippen LogP) is 1.61. The third-order valence-corrected chi connectivity index (χ3v) is 3.83. The van der Waals surface area contributed by atoms with Crippen LogP contribution in [0.2, 0.25) is 0 Å². The minimum Gasteiger partial charge on any atom is -0.387 e. The van der Waals surface area contributed by atoms with Gasteiger partial charge >= 0.3 is 0 Å². The molecule has 2 N–H and O–H groups in total. The number of hydrogen-bond acceptors (Lipinski definition) is 4. The fourth-order valence-corrected chi connectivity index (χ4v) is 2.74. The van der Waals surface area contributed by atoms with E-state index >= 15 is 0 Å². The first-order chi connectivity index (χ1) is 9.21. The van der Waals surface area contributed by atoms with Crippen molar-refractivity contribution in [1.82, 2.24) is 15.0 Å². The summed E-state index contributed by atoms with van der Waals surface area (Å²) in [6.45, 7) is 0. The van der Waals surface area contributed by atoms with Gasteiger partial charge in [-0.15, -0.1) is 5.10 Å². The minimum atomic E-state index is -1.05. The molecule has 1 aliphatic carbocycles. The largest absolute Gasteiger partial charge is 0.387 e. The third-order valence-electron chi connectivity index (χ3n) is 3.83. The summed E-state index contributed by atoms with van der Waals surface area (Å²) in [6.07, 6.45) is 3.70. The van der Waals surface area contributed by atoms with Gasteiger partial charge in [-0.2, -0.15) is 0 Å². The number of hydrogen-bond donors (Lipinski definition) is 2. The summed E-state index contributed by atoms with van der Waals surface area (Å²) in [6, 6.07) is 9.50. The summed E-state index contributed by atoms with van der Waals surface area (Å²) in [5.41, 5.74) is 0.320. The highest BCUT2D eigenvalue weighted by Gasteiger charge is 2.41. The van der Waals surface area contributed by atoms with Crippen LogP contribution in [-0.4, -0.2) is 30.8 Å². The monoisotopic (exact) mass is 259 g/mol. The molecule has 0 amide bonds. The Balaban J connectivity index is 1.96. The van der Waals surface area contributed by atoms with Gasteiger partial charge in [-0.25, -0.2) is 4.68 Å². The van der Waals surface area contributed by atoms with Gasteiger partial charge in [-0.05, 0) is 25.0 Å². The molecule has 2 aromatic rings. The first-order valence-corrected chi connectivity index (χ1v) is 6.57. The fourth-order valence-electron chi connectivity index (χ4n) is 2.74. The highest BCUT2D eigenvalue weighted by Crippen LogP contribution is 2.39. The van der Waals surface area contributed by atoms with Crippen molar-refractivity contribution in [2.75, 3.05) is 0 Å². The van der Waals surface area contributed by atoms with E-state index in [9.17, 15) is 10.2 Å².